The van der Waals surface area contributed by atoms with E-state index in [0.29, 0.717) is 27.2 Å². The van der Waals surface area contributed by atoms with E-state index >= 15 is 0 Å². The van der Waals surface area contributed by atoms with Crippen LogP contribution in [-0.2, 0) is 163 Å². The number of carbonyl (C=O) groups excluding carboxylic acids is 2. The number of carbonyl (C=O) groups is 2. The first-order valence-corrected chi connectivity index (χ1v) is 43.4. The number of rotatable bonds is 12. The third-order valence-electron chi connectivity index (χ3n) is 17.8. The standard InChI is InChI=1S/2C18H18O.2C17H18.4C3H8O2.4C2H6O2.8C2H6.8CH4.4CH3.4W/c1-11-5-7-15-13(9-11)17(19)14-10-12(2)6-8-16(14)18(15,3)4;1-11-5-7-13-15(9-11)18(3,4)16-10-12(2)6-8-14(16)17(13)19;1-11-5-7-15-13(9-11)14-10-12(2)6-8-16(14)17(15,3)4;1-11-5-7-13-14-8-6-12(2)10-16(14)17(3,4)15(13)9-11;4*1-4-3-5-2;4*1-4-2-3;8*1-2;;;;;;;;;;;;;;;;/h2*5-10H,1-4H3;2*5-10H,1-4H3;4*3H2,1-2H3;4*3H,2H2,1H3;8*1-2H3;8*1H4;4*1H3;;;;/q;;;;;;;;;;;;;;;;;;;;;;;;;;;;4*-1;;;;. The summed E-state index contributed by atoms with van der Waals surface area (Å²) in [5.74, 6) is 0.320. The summed E-state index contributed by atoms with van der Waals surface area (Å²) in [6.45, 7) is 67.8. The number of benzene rings is 8. The Morgan fingerprint density at radius 1 is 0.193 bits per heavy atom. The van der Waals surface area contributed by atoms with Gasteiger partial charge >= 0.3 is 0 Å². The molecule has 0 unspecified atom stereocenters. The van der Waals surface area contributed by atoms with E-state index in [4.69, 9.17) is 20.4 Å². The maximum atomic E-state index is 12.7. The smallest absolute Gasteiger partial charge is 0.193 e. The summed E-state index contributed by atoms with van der Waals surface area (Å²) in [6.07, 6.45) is 0. The molecular formula is C118H220O18W4-4. The normalized spacial score (nSPS) is 10.5. The van der Waals surface area contributed by atoms with Crippen LogP contribution in [0.15, 0.2) is 146 Å². The van der Waals surface area contributed by atoms with Crippen LogP contribution in [0.3, 0.4) is 0 Å². The van der Waals surface area contributed by atoms with E-state index in [-0.39, 0.29) is 234 Å². The molecule has 0 fully saturated rings. The largest absolute Gasteiger partial charge is 0.371 e. The molecule has 0 aliphatic heterocycles. The molecule has 0 atom stereocenters. The molecule has 0 aromatic heterocycles. The molecule has 4 aliphatic rings. The summed E-state index contributed by atoms with van der Waals surface area (Å²) >= 11 is 0. The molecule has 0 heterocycles. The molecule has 140 heavy (non-hydrogen) atoms. The van der Waals surface area contributed by atoms with Gasteiger partial charge in [-0.1, -0.05) is 404 Å². The van der Waals surface area contributed by atoms with Gasteiger partial charge in [-0.3, -0.25) is 9.59 Å². The van der Waals surface area contributed by atoms with Gasteiger partial charge in [-0.25, -0.2) is 0 Å². The number of aryl methyl sites for hydroxylation is 8. The van der Waals surface area contributed by atoms with Gasteiger partial charge in [0.2, 0.25) is 0 Å². The quantitative estimate of drug-likeness (QED) is 0.0659. The Labute approximate surface area is 926 Å². The van der Waals surface area contributed by atoms with Crippen molar-refractivity contribution < 1.29 is 171 Å². The molecule has 4 N–H and O–H groups in total. The fourth-order valence-corrected chi connectivity index (χ4v) is 12.5. The Hall–Kier alpha value is -4.79. The number of hydrogen-bond donors (Lipinski definition) is 4. The zero-order valence-corrected chi connectivity index (χ0v) is 103. The van der Waals surface area contributed by atoms with Crippen molar-refractivity contribution in [3.8, 4) is 22.3 Å². The van der Waals surface area contributed by atoms with E-state index in [1.165, 1.54) is 106 Å². The molecule has 0 saturated heterocycles. The molecule has 0 radical (unpaired) electrons. The van der Waals surface area contributed by atoms with Crippen molar-refractivity contribution in [2.75, 3.05) is 140 Å². The van der Waals surface area contributed by atoms with E-state index in [0.717, 1.165) is 55.6 Å². The van der Waals surface area contributed by atoms with Gasteiger partial charge in [-0.05, 0) is 134 Å². The van der Waals surface area contributed by atoms with Gasteiger partial charge in [0.1, 0.15) is 54.3 Å². The van der Waals surface area contributed by atoms with Crippen molar-refractivity contribution in [3.05, 3.63) is 287 Å². The van der Waals surface area contributed by atoms with Crippen LogP contribution in [0.1, 0.15) is 346 Å². The van der Waals surface area contributed by atoms with Crippen molar-refractivity contribution in [2.45, 2.75) is 303 Å². The predicted molar refractivity (Wildman–Crippen MR) is 605 cm³/mol. The maximum absolute atomic E-state index is 12.7. The Bertz CT molecular complexity index is 3720. The molecular weight excluding hydrogens is 2440 g/mol. The van der Waals surface area contributed by atoms with Crippen LogP contribution in [0.2, 0.25) is 0 Å². The first kappa shape index (κ1) is 197. The second kappa shape index (κ2) is 119. The second-order valence-electron chi connectivity index (χ2n) is 28.0. The summed E-state index contributed by atoms with van der Waals surface area (Å²) < 4.78 is 52.1. The molecule has 8 aromatic carbocycles. The zero-order chi connectivity index (χ0) is 98.1. The SMILES string of the molecule is C.C.C.C.C.C.C.C.CC.CC.CC.CC.CC.CC.CC.CC.COCO.COCO.COCO.COCO.COCOC.COCOC.COCOC.COCOC.Cc1ccc2c(c1)-c1cc(C)ccc1C2(C)C.Cc1ccc2c(c1)C(=O)c1cc(C)ccc1C2(C)C.Cc1ccc2c(c1)C(C)(C)c1cc(C)ccc1-2.Cc1ccc2c(c1)C(C)(C)c1cc(C)ccc1C2=O.[CH3-].[CH3-].[CH3-].[CH3-].[W].[W].[W].[W]. The molecule has 8 aromatic rings. The van der Waals surface area contributed by atoms with E-state index in [1.807, 2.05) is 161 Å². The fourth-order valence-electron chi connectivity index (χ4n) is 12.5. The summed E-state index contributed by atoms with van der Waals surface area (Å²) in [4.78, 5) is 25.3. The number of ketones is 2. The number of hydrogen-bond acceptors (Lipinski definition) is 18. The topological polar surface area (TPSA) is 226 Å². The molecule has 12 rings (SSSR count). The summed E-state index contributed by atoms with van der Waals surface area (Å²) in [7, 11) is 18.4. The Morgan fingerprint density at radius 3 is 0.471 bits per heavy atom. The van der Waals surface area contributed by atoms with Crippen LogP contribution in [0.5, 0.6) is 0 Å². The van der Waals surface area contributed by atoms with Crippen molar-refractivity contribution in [2.24, 2.45) is 0 Å². The van der Waals surface area contributed by atoms with Crippen LogP contribution in [0, 0.1) is 85.1 Å². The fraction of sp³-hybridized carbons (Fsp3) is 0.542. The summed E-state index contributed by atoms with van der Waals surface area (Å²) in [5.41, 5.74) is 29.7. The first-order chi connectivity index (χ1) is 59.1. The van der Waals surface area contributed by atoms with Gasteiger partial charge in [-0.15, -0.1) is 0 Å². The Kier molecular flexibility index (Phi) is 168. The van der Waals surface area contributed by atoms with Gasteiger partial charge in [0.25, 0.3) is 0 Å². The van der Waals surface area contributed by atoms with E-state index < -0.39 is 0 Å². The van der Waals surface area contributed by atoms with Gasteiger partial charge in [0.05, 0.1) is 0 Å². The van der Waals surface area contributed by atoms with Gasteiger partial charge in [-0.2, -0.15) is 0 Å². The summed E-state index contributed by atoms with van der Waals surface area (Å²) in [5, 5.41) is 30.6. The number of fused-ring (bicyclic) bond motifs is 10. The van der Waals surface area contributed by atoms with Crippen LogP contribution in [-0.4, -0.2) is 172 Å². The molecule has 828 valence electrons. The molecule has 22 heteroatoms. The minimum absolute atomic E-state index is 0. The minimum Gasteiger partial charge on any atom is -0.371 e. The van der Waals surface area contributed by atoms with Crippen LogP contribution in [0.4, 0.5) is 0 Å². The van der Waals surface area contributed by atoms with Crippen molar-refractivity contribution in [3.63, 3.8) is 0 Å². The van der Waals surface area contributed by atoms with Crippen LogP contribution >= 0.6 is 0 Å². The molecule has 18 nitrogen and oxygen atoms in total. The second-order valence-corrected chi connectivity index (χ2v) is 28.0. The molecule has 0 bridgehead atoms. The predicted octanol–water partition coefficient (Wildman–Crippen LogP) is 31.9. The molecule has 0 spiro atoms. The van der Waals surface area contributed by atoms with Crippen LogP contribution in [0.25, 0.3) is 22.3 Å². The number of aliphatic hydroxyl groups excluding tert-OH is 4. The van der Waals surface area contributed by atoms with E-state index in [9.17, 15) is 9.59 Å². The molecule has 0 amide bonds. The van der Waals surface area contributed by atoms with Gasteiger partial charge in [0.15, 0.2) is 11.6 Å². The number of methoxy groups -OCH3 is 12. The first-order valence-electron chi connectivity index (χ1n) is 43.4. The minimum atomic E-state index is -0.181. The van der Waals surface area contributed by atoms with E-state index in [2.05, 4.69) is 263 Å². The van der Waals surface area contributed by atoms with Gasteiger partial charge in [0, 0.05) is 213 Å². The third-order valence-corrected chi connectivity index (χ3v) is 17.8. The summed E-state index contributed by atoms with van der Waals surface area (Å²) in [6, 6.07) is 52.0. The third kappa shape index (κ3) is 69.4. The Morgan fingerprint density at radius 2 is 0.314 bits per heavy atom. The average molecular weight is 2660 g/mol. The van der Waals surface area contributed by atoms with Gasteiger partial charge < -0.3 is 107 Å². The average Bonchev–Trinajstić information content (AvgIpc) is 1.42. The number of aliphatic hydroxyl groups is 4. The molecule has 4 aliphatic carbocycles. The number of ether oxygens (including phenoxy) is 12. The van der Waals surface area contributed by atoms with E-state index in [1.54, 1.807) is 56.9 Å². The van der Waals surface area contributed by atoms with Crippen molar-refractivity contribution >= 4 is 11.6 Å². The monoisotopic (exact) mass is 2660 g/mol. The molecule has 0 saturated carbocycles. The van der Waals surface area contributed by atoms with Crippen molar-refractivity contribution in [1.29, 1.82) is 0 Å². The zero-order valence-electron chi connectivity index (χ0n) is 91.7. The van der Waals surface area contributed by atoms with Crippen LogP contribution < -0.4 is 0 Å². The Balaban J connectivity index is -0.0000000485. The van der Waals surface area contributed by atoms with Crippen molar-refractivity contribution in [1.82, 2.24) is 0 Å². The maximum Gasteiger partial charge on any atom is 0.193 e.